The Morgan fingerprint density at radius 1 is 1.15 bits per heavy atom. The first kappa shape index (κ1) is 18.6. The van der Waals surface area contributed by atoms with Gasteiger partial charge in [0.15, 0.2) is 0 Å². The fraction of sp³-hybridized carbons (Fsp3) is 0.409. The molecule has 1 atom stereocenters. The van der Waals surface area contributed by atoms with Crippen molar-refractivity contribution in [2.75, 3.05) is 25.0 Å². The third kappa shape index (κ3) is 4.51. The van der Waals surface area contributed by atoms with Gasteiger partial charge in [0.05, 0.1) is 0 Å². The van der Waals surface area contributed by atoms with Gasteiger partial charge >= 0.3 is 0 Å². The van der Waals surface area contributed by atoms with E-state index in [9.17, 15) is 4.79 Å². The van der Waals surface area contributed by atoms with Crippen LogP contribution in [0.5, 0.6) is 0 Å². The van der Waals surface area contributed by atoms with Crippen molar-refractivity contribution in [3.05, 3.63) is 54.6 Å². The van der Waals surface area contributed by atoms with Gasteiger partial charge in [0.2, 0.25) is 5.91 Å². The lowest BCUT2D eigenvalue weighted by atomic mass is 9.79. The first-order chi connectivity index (χ1) is 12.5. The van der Waals surface area contributed by atoms with Crippen molar-refractivity contribution >= 4 is 11.6 Å². The normalized spacial score (nSPS) is 19.9. The van der Waals surface area contributed by atoms with Crippen molar-refractivity contribution in [3.8, 4) is 11.1 Å². The summed E-state index contributed by atoms with van der Waals surface area (Å²) in [5.41, 5.74) is 9.32. The molecule has 0 aromatic heterocycles. The van der Waals surface area contributed by atoms with Gasteiger partial charge in [-0.2, -0.15) is 0 Å². The Labute approximate surface area is 156 Å². The zero-order valence-electron chi connectivity index (χ0n) is 15.7. The third-order valence-electron chi connectivity index (χ3n) is 5.33. The van der Waals surface area contributed by atoms with Crippen LogP contribution in [0.2, 0.25) is 0 Å². The van der Waals surface area contributed by atoms with E-state index in [4.69, 9.17) is 5.73 Å². The highest BCUT2D eigenvalue weighted by atomic mass is 16.1. The van der Waals surface area contributed by atoms with Crippen molar-refractivity contribution in [1.29, 1.82) is 0 Å². The number of hydrogen-bond donors (Lipinski definition) is 2. The predicted octanol–water partition coefficient (Wildman–Crippen LogP) is 3.74. The quantitative estimate of drug-likeness (QED) is 0.863. The van der Waals surface area contributed by atoms with Gasteiger partial charge < -0.3 is 16.0 Å². The molecule has 1 saturated heterocycles. The summed E-state index contributed by atoms with van der Waals surface area (Å²) in [6, 6.07) is 18.3. The maximum atomic E-state index is 12.5. The number of para-hydroxylation sites is 1. The fourth-order valence-electron chi connectivity index (χ4n) is 3.61. The van der Waals surface area contributed by atoms with Crippen LogP contribution in [0.25, 0.3) is 11.1 Å². The number of amides is 1. The lowest BCUT2D eigenvalue weighted by Crippen LogP contribution is -2.52. The molecule has 1 fully saturated rings. The Morgan fingerprint density at radius 2 is 1.85 bits per heavy atom. The molecule has 3 rings (SSSR count). The van der Waals surface area contributed by atoms with Gasteiger partial charge in [-0.1, -0.05) is 62.4 Å². The maximum absolute atomic E-state index is 12.5. The highest BCUT2D eigenvalue weighted by molar-refractivity contribution is 5.95. The van der Waals surface area contributed by atoms with Gasteiger partial charge in [-0.05, 0) is 30.0 Å². The summed E-state index contributed by atoms with van der Waals surface area (Å²) in [7, 11) is 0. The molecule has 0 bridgehead atoms. The molecular weight excluding hydrogens is 322 g/mol. The van der Waals surface area contributed by atoms with Crippen molar-refractivity contribution in [1.82, 2.24) is 4.90 Å². The first-order valence-corrected chi connectivity index (χ1v) is 9.38. The number of anilines is 1. The molecule has 2 aromatic rings. The van der Waals surface area contributed by atoms with E-state index >= 15 is 0 Å². The Kier molecular flexibility index (Phi) is 5.74. The van der Waals surface area contributed by atoms with E-state index in [1.54, 1.807) is 0 Å². The van der Waals surface area contributed by atoms with Crippen molar-refractivity contribution in [3.63, 3.8) is 0 Å². The maximum Gasteiger partial charge on any atom is 0.225 e. The zero-order valence-corrected chi connectivity index (χ0v) is 15.7. The minimum Gasteiger partial charge on any atom is -0.327 e. The zero-order chi connectivity index (χ0) is 18.6. The summed E-state index contributed by atoms with van der Waals surface area (Å²) >= 11 is 0. The molecule has 1 aliphatic heterocycles. The lowest BCUT2D eigenvalue weighted by molar-refractivity contribution is -0.116. The number of nitrogens with one attached hydrogen (secondary N) is 1. The van der Waals surface area contributed by atoms with E-state index < -0.39 is 0 Å². The van der Waals surface area contributed by atoms with Crippen molar-refractivity contribution < 1.29 is 4.79 Å². The van der Waals surface area contributed by atoms with Gasteiger partial charge in [0, 0.05) is 36.8 Å². The molecule has 2 aromatic carbocycles. The number of hydrogen-bond acceptors (Lipinski definition) is 3. The number of rotatable bonds is 5. The van der Waals surface area contributed by atoms with Crippen LogP contribution in [0.4, 0.5) is 5.69 Å². The Hall–Kier alpha value is -2.17. The standard InChI is InChI=1S/C22H29N3O/c1-22(2)16-25(14-12-20(22)23)15-13-21(26)24-19-11-7-6-10-18(19)17-8-4-3-5-9-17/h3-11,20H,12-16,23H2,1-2H3,(H,24,26). The molecule has 3 N–H and O–H groups in total. The van der Waals surface area contributed by atoms with Crippen LogP contribution in [0, 0.1) is 5.41 Å². The number of benzene rings is 2. The average Bonchev–Trinajstić information content (AvgIpc) is 2.64. The molecule has 4 nitrogen and oxygen atoms in total. The molecule has 0 saturated carbocycles. The smallest absolute Gasteiger partial charge is 0.225 e. The van der Waals surface area contributed by atoms with Crippen LogP contribution in [0.15, 0.2) is 54.6 Å². The molecule has 26 heavy (non-hydrogen) atoms. The molecule has 0 aliphatic carbocycles. The second kappa shape index (κ2) is 8.02. The van der Waals surface area contributed by atoms with Crippen LogP contribution >= 0.6 is 0 Å². The van der Waals surface area contributed by atoms with Crippen LogP contribution < -0.4 is 11.1 Å². The summed E-state index contributed by atoms with van der Waals surface area (Å²) in [4.78, 5) is 14.9. The van der Waals surface area contributed by atoms with Gasteiger partial charge in [0.25, 0.3) is 0 Å². The van der Waals surface area contributed by atoms with Crippen LogP contribution in [-0.4, -0.2) is 36.5 Å². The van der Waals surface area contributed by atoms with E-state index in [2.05, 4.69) is 36.2 Å². The van der Waals surface area contributed by atoms with Gasteiger partial charge in [-0.15, -0.1) is 0 Å². The number of piperidine rings is 1. The number of carbonyl (C=O) groups is 1. The van der Waals surface area contributed by atoms with E-state index in [1.165, 1.54) is 0 Å². The van der Waals surface area contributed by atoms with Crippen LogP contribution in [0.1, 0.15) is 26.7 Å². The highest BCUT2D eigenvalue weighted by Gasteiger charge is 2.33. The van der Waals surface area contributed by atoms with Crippen LogP contribution in [-0.2, 0) is 4.79 Å². The minimum absolute atomic E-state index is 0.0565. The summed E-state index contributed by atoms with van der Waals surface area (Å²) in [6.45, 7) is 7.11. The third-order valence-corrected chi connectivity index (χ3v) is 5.33. The van der Waals surface area contributed by atoms with Crippen LogP contribution in [0.3, 0.4) is 0 Å². The predicted molar refractivity (Wildman–Crippen MR) is 108 cm³/mol. The monoisotopic (exact) mass is 351 g/mol. The van der Waals surface area contributed by atoms with E-state index in [0.29, 0.717) is 6.42 Å². The summed E-state index contributed by atoms with van der Waals surface area (Å²) in [6.07, 6.45) is 1.49. The second-order valence-electron chi connectivity index (χ2n) is 7.87. The topological polar surface area (TPSA) is 58.4 Å². The largest absolute Gasteiger partial charge is 0.327 e. The molecule has 4 heteroatoms. The summed E-state index contributed by atoms with van der Waals surface area (Å²) in [5, 5.41) is 3.09. The molecule has 1 amide bonds. The Morgan fingerprint density at radius 3 is 2.58 bits per heavy atom. The first-order valence-electron chi connectivity index (χ1n) is 9.38. The summed E-state index contributed by atoms with van der Waals surface area (Å²) in [5.74, 6) is 0.0565. The molecular formula is C22H29N3O. The number of likely N-dealkylation sites (tertiary alicyclic amines) is 1. The molecule has 0 radical (unpaired) electrons. The van der Waals surface area contributed by atoms with Gasteiger partial charge in [-0.25, -0.2) is 0 Å². The lowest BCUT2D eigenvalue weighted by Gasteiger charge is -2.42. The second-order valence-corrected chi connectivity index (χ2v) is 7.87. The van der Waals surface area contributed by atoms with E-state index in [-0.39, 0.29) is 17.4 Å². The van der Waals surface area contributed by atoms with E-state index in [1.807, 2.05) is 42.5 Å². The molecule has 1 heterocycles. The number of carbonyl (C=O) groups excluding carboxylic acids is 1. The molecule has 0 spiro atoms. The SMILES string of the molecule is CC1(C)CN(CCC(=O)Nc2ccccc2-c2ccccc2)CCC1N. The Bertz CT molecular complexity index is 742. The van der Waals surface area contributed by atoms with Crippen molar-refractivity contribution in [2.24, 2.45) is 11.1 Å². The minimum atomic E-state index is 0.0565. The highest BCUT2D eigenvalue weighted by Crippen LogP contribution is 2.29. The molecule has 138 valence electrons. The van der Waals surface area contributed by atoms with Gasteiger partial charge in [0.1, 0.15) is 0 Å². The summed E-state index contributed by atoms with van der Waals surface area (Å²) < 4.78 is 0. The molecule has 1 aliphatic rings. The number of nitrogens with two attached hydrogens (primary N) is 1. The fourth-order valence-corrected chi connectivity index (χ4v) is 3.61. The van der Waals surface area contributed by atoms with Gasteiger partial charge in [-0.3, -0.25) is 4.79 Å². The average molecular weight is 351 g/mol. The molecule has 1 unspecified atom stereocenters. The number of nitrogens with zero attached hydrogens (tertiary/aromatic N) is 1. The van der Waals surface area contributed by atoms with E-state index in [0.717, 1.165) is 42.9 Å². The van der Waals surface area contributed by atoms with Crippen molar-refractivity contribution in [2.45, 2.75) is 32.7 Å². The Balaban J connectivity index is 1.60.